The number of carbonyl (C=O) groups is 2. The molecular weight excluding hydrogens is 410 g/mol. The van der Waals surface area contributed by atoms with Gasteiger partial charge < -0.3 is 15.2 Å². The molecule has 0 fully saturated rings. The van der Waals surface area contributed by atoms with E-state index in [9.17, 15) is 14.7 Å². The van der Waals surface area contributed by atoms with E-state index < -0.39 is 12.1 Å². The van der Waals surface area contributed by atoms with Gasteiger partial charge in [0.2, 0.25) is 0 Å². The third kappa shape index (κ3) is 3.35. The third-order valence-electron chi connectivity index (χ3n) is 5.61. The maximum absolute atomic E-state index is 12.8. The Hall–Kier alpha value is -3.64. The van der Waals surface area contributed by atoms with Crippen molar-refractivity contribution in [2.24, 2.45) is 0 Å². The predicted molar refractivity (Wildman–Crippen MR) is 122 cm³/mol. The standard InChI is InChI=1S/C25H19NO4S/c1-14-10-11-18(17-8-4-3-7-16(14)17)19-13-31-24(22(19)25(28)29)26-23(27)21-12-15-6-2-5-9-20(15)30-21/h2-11,13,21H,12H2,1H3,(H,26,27)(H,28,29). The zero-order valence-corrected chi connectivity index (χ0v) is 17.5. The smallest absolute Gasteiger partial charge is 0.339 e. The summed E-state index contributed by atoms with van der Waals surface area (Å²) in [5.74, 6) is -0.730. The topological polar surface area (TPSA) is 75.6 Å². The molecule has 0 spiro atoms. The first-order chi connectivity index (χ1) is 15.0. The third-order valence-corrected chi connectivity index (χ3v) is 6.51. The molecule has 1 unspecified atom stereocenters. The molecule has 1 amide bonds. The SMILES string of the molecule is Cc1ccc(-c2csc(NC(=O)C3Cc4ccccc4O3)c2C(=O)O)c2ccccc12. The molecule has 0 bridgehead atoms. The molecule has 0 aliphatic carbocycles. The van der Waals surface area contributed by atoms with Crippen LogP contribution in [0.4, 0.5) is 5.00 Å². The Kier molecular flexibility index (Phi) is 4.71. The molecule has 1 aromatic heterocycles. The number of thiophene rings is 1. The Morgan fingerprint density at radius 1 is 1.00 bits per heavy atom. The van der Waals surface area contributed by atoms with E-state index in [-0.39, 0.29) is 11.5 Å². The van der Waals surface area contributed by atoms with Crippen molar-refractivity contribution < 1.29 is 19.4 Å². The number of aromatic carboxylic acids is 1. The average Bonchev–Trinajstić information content (AvgIpc) is 3.38. The zero-order chi connectivity index (χ0) is 21.5. The summed E-state index contributed by atoms with van der Waals surface area (Å²) >= 11 is 1.21. The minimum atomic E-state index is -1.08. The average molecular weight is 429 g/mol. The van der Waals surface area contributed by atoms with E-state index in [1.807, 2.05) is 67.6 Å². The van der Waals surface area contributed by atoms with Crippen molar-refractivity contribution in [3.63, 3.8) is 0 Å². The molecule has 6 heteroatoms. The molecule has 1 atom stereocenters. The Morgan fingerprint density at radius 3 is 2.52 bits per heavy atom. The molecule has 154 valence electrons. The highest BCUT2D eigenvalue weighted by molar-refractivity contribution is 7.15. The van der Waals surface area contributed by atoms with Gasteiger partial charge in [-0.3, -0.25) is 4.79 Å². The van der Waals surface area contributed by atoms with Crippen LogP contribution < -0.4 is 10.1 Å². The molecule has 0 radical (unpaired) electrons. The van der Waals surface area contributed by atoms with Crippen LogP contribution >= 0.6 is 11.3 Å². The number of benzene rings is 3. The monoisotopic (exact) mass is 429 g/mol. The van der Waals surface area contributed by atoms with E-state index in [1.54, 1.807) is 5.38 Å². The van der Waals surface area contributed by atoms with Crippen molar-refractivity contribution in [3.05, 3.63) is 82.7 Å². The maximum Gasteiger partial charge on any atom is 0.339 e. The minimum Gasteiger partial charge on any atom is -0.480 e. The molecule has 5 rings (SSSR count). The fourth-order valence-electron chi connectivity index (χ4n) is 4.07. The number of rotatable bonds is 4. The molecule has 31 heavy (non-hydrogen) atoms. The van der Waals surface area contributed by atoms with Crippen LogP contribution in [0.1, 0.15) is 21.5 Å². The van der Waals surface area contributed by atoms with E-state index in [4.69, 9.17) is 4.74 Å². The lowest BCUT2D eigenvalue weighted by Gasteiger charge is -2.12. The molecule has 1 aliphatic heterocycles. The largest absolute Gasteiger partial charge is 0.480 e. The maximum atomic E-state index is 12.8. The van der Waals surface area contributed by atoms with Gasteiger partial charge in [0.1, 0.15) is 16.3 Å². The van der Waals surface area contributed by atoms with Gasteiger partial charge in [0, 0.05) is 17.4 Å². The van der Waals surface area contributed by atoms with Crippen LogP contribution in [-0.4, -0.2) is 23.1 Å². The second-order valence-corrected chi connectivity index (χ2v) is 8.42. The molecule has 0 saturated heterocycles. The van der Waals surface area contributed by atoms with Crippen molar-refractivity contribution in [1.82, 2.24) is 0 Å². The van der Waals surface area contributed by atoms with Gasteiger partial charge in [-0.15, -0.1) is 11.3 Å². The summed E-state index contributed by atoms with van der Waals surface area (Å²) in [5.41, 5.74) is 3.62. The summed E-state index contributed by atoms with van der Waals surface area (Å²) < 4.78 is 5.75. The lowest BCUT2D eigenvalue weighted by atomic mass is 9.95. The van der Waals surface area contributed by atoms with Crippen LogP contribution in [0.5, 0.6) is 5.75 Å². The summed E-state index contributed by atoms with van der Waals surface area (Å²) in [6, 6.07) is 19.4. The van der Waals surface area contributed by atoms with Gasteiger partial charge in [-0.05, 0) is 40.5 Å². The van der Waals surface area contributed by atoms with Crippen molar-refractivity contribution in [2.45, 2.75) is 19.4 Å². The number of hydrogen-bond donors (Lipinski definition) is 2. The molecule has 0 saturated carbocycles. The zero-order valence-electron chi connectivity index (χ0n) is 16.7. The number of carboxylic acids is 1. The second-order valence-electron chi connectivity index (χ2n) is 7.54. The van der Waals surface area contributed by atoms with Crippen LogP contribution in [-0.2, 0) is 11.2 Å². The Labute approximate surface area is 182 Å². The molecular formula is C25H19NO4S. The number of ether oxygens (including phenoxy) is 1. The number of fused-ring (bicyclic) bond motifs is 2. The van der Waals surface area contributed by atoms with E-state index in [0.29, 0.717) is 22.7 Å². The number of carbonyl (C=O) groups excluding carboxylic acids is 1. The van der Waals surface area contributed by atoms with Crippen LogP contribution in [0.15, 0.2) is 66.0 Å². The van der Waals surface area contributed by atoms with Crippen molar-refractivity contribution in [3.8, 4) is 16.9 Å². The first-order valence-electron chi connectivity index (χ1n) is 9.92. The quantitative estimate of drug-likeness (QED) is 0.448. The first kappa shape index (κ1) is 19.3. The molecule has 4 aromatic rings. The number of amides is 1. The van der Waals surface area contributed by atoms with Gasteiger partial charge in [-0.1, -0.05) is 54.6 Å². The minimum absolute atomic E-state index is 0.0999. The second kappa shape index (κ2) is 7.56. The number of nitrogens with one attached hydrogen (secondary N) is 1. The fourth-order valence-corrected chi connectivity index (χ4v) is 5.02. The van der Waals surface area contributed by atoms with Gasteiger partial charge in [0.15, 0.2) is 6.10 Å². The molecule has 1 aliphatic rings. The normalized spacial score (nSPS) is 14.8. The van der Waals surface area contributed by atoms with E-state index in [2.05, 4.69) is 5.32 Å². The number of para-hydroxylation sites is 1. The van der Waals surface area contributed by atoms with Gasteiger partial charge in [0.05, 0.1) is 0 Å². The van der Waals surface area contributed by atoms with E-state index >= 15 is 0 Å². The lowest BCUT2D eigenvalue weighted by Crippen LogP contribution is -2.31. The van der Waals surface area contributed by atoms with E-state index in [0.717, 1.165) is 27.5 Å². The van der Waals surface area contributed by atoms with Gasteiger partial charge in [-0.2, -0.15) is 0 Å². The Balaban J connectivity index is 1.50. The van der Waals surface area contributed by atoms with Crippen molar-refractivity contribution >= 4 is 39.0 Å². The highest BCUT2D eigenvalue weighted by Crippen LogP contribution is 2.40. The van der Waals surface area contributed by atoms with Crippen LogP contribution in [0.25, 0.3) is 21.9 Å². The number of anilines is 1. The summed E-state index contributed by atoms with van der Waals surface area (Å²) in [6.07, 6.45) is -0.213. The number of hydrogen-bond acceptors (Lipinski definition) is 4. The Bertz CT molecular complexity index is 1320. The molecule has 3 aromatic carbocycles. The van der Waals surface area contributed by atoms with Gasteiger partial charge in [0.25, 0.3) is 5.91 Å². The van der Waals surface area contributed by atoms with Crippen LogP contribution in [0, 0.1) is 6.92 Å². The Morgan fingerprint density at radius 2 is 1.74 bits per heavy atom. The fraction of sp³-hybridized carbons (Fsp3) is 0.120. The molecule has 5 nitrogen and oxygen atoms in total. The van der Waals surface area contributed by atoms with Crippen LogP contribution in [0.3, 0.4) is 0 Å². The number of aryl methyl sites for hydroxylation is 1. The predicted octanol–water partition coefficient (Wildman–Crippen LogP) is 5.52. The number of carboxylic acid groups (broad SMARTS) is 1. The summed E-state index contributed by atoms with van der Waals surface area (Å²) in [5, 5.41) is 16.9. The summed E-state index contributed by atoms with van der Waals surface area (Å²) in [7, 11) is 0. The van der Waals surface area contributed by atoms with E-state index in [1.165, 1.54) is 11.3 Å². The highest BCUT2D eigenvalue weighted by Gasteiger charge is 2.31. The summed E-state index contributed by atoms with van der Waals surface area (Å²) in [6.45, 7) is 2.03. The van der Waals surface area contributed by atoms with Gasteiger partial charge >= 0.3 is 5.97 Å². The van der Waals surface area contributed by atoms with Gasteiger partial charge in [-0.25, -0.2) is 4.79 Å². The summed E-state index contributed by atoms with van der Waals surface area (Å²) in [4.78, 5) is 25.0. The van der Waals surface area contributed by atoms with Crippen molar-refractivity contribution in [1.29, 1.82) is 0 Å². The first-order valence-corrected chi connectivity index (χ1v) is 10.8. The molecule has 2 N–H and O–H groups in total. The molecule has 2 heterocycles. The van der Waals surface area contributed by atoms with Crippen molar-refractivity contribution in [2.75, 3.05) is 5.32 Å². The van der Waals surface area contributed by atoms with Crippen LogP contribution in [0.2, 0.25) is 0 Å². The lowest BCUT2D eigenvalue weighted by molar-refractivity contribution is -0.122. The highest BCUT2D eigenvalue weighted by atomic mass is 32.1.